The number of imide groups is 1. The molecular weight excluding hydrogens is 410 g/mol. The number of amides is 3. The predicted molar refractivity (Wildman–Crippen MR) is 117 cm³/mol. The van der Waals surface area contributed by atoms with E-state index < -0.39 is 28.7 Å². The van der Waals surface area contributed by atoms with Crippen LogP contribution in [0.2, 0.25) is 0 Å². The molecule has 0 bridgehead atoms. The fourth-order valence-corrected chi connectivity index (χ4v) is 3.72. The molecule has 3 amide bonds. The lowest BCUT2D eigenvalue weighted by Gasteiger charge is -2.25. The average molecular weight is 429 g/mol. The third kappa shape index (κ3) is 3.98. The minimum absolute atomic E-state index is 0.0150. The lowest BCUT2D eigenvalue weighted by molar-refractivity contribution is -0.384. The maximum absolute atomic E-state index is 13.3. The Labute approximate surface area is 183 Å². The molecule has 0 aliphatic carbocycles. The highest BCUT2D eigenvalue weighted by Crippen LogP contribution is 2.27. The van der Waals surface area contributed by atoms with Gasteiger partial charge in [-0.05, 0) is 42.3 Å². The van der Waals surface area contributed by atoms with Crippen molar-refractivity contribution in [2.45, 2.75) is 19.4 Å². The number of carbonyl (C=O) groups excluding carboxylic acids is 3. The van der Waals surface area contributed by atoms with E-state index in [1.54, 1.807) is 42.5 Å². The van der Waals surface area contributed by atoms with Crippen molar-refractivity contribution in [3.8, 4) is 0 Å². The molecule has 3 aromatic rings. The summed E-state index contributed by atoms with van der Waals surface area (Å²) in [5.41, 5.74) is 2.46. The summed E-state index contributed by atoms with van der Waals surface area (Å²) < 4.78 is 0. The Hall–Kier alpha value is -4.33. The van der Waals surface area contributed by atoms with E-state index in [0.717, 1.165) is 10.5 Å². The van der Waals surface area contributed by atoms with E-state index in [2.05, 4.69) is 5.32 Å². The van der Waals surface area contributed by atoms with Gasteiger partial charge in [0.15, 0.2) is 0 Å². The minimum Gasteiger partial charge on any atom is -0.324 e. The third-order valence-corrected chi connectivity index (χ3v) is 5.30. The largest absolute Gasteiger partial charge is 0.324 e. The predicted octanol–water partition coefficient (Wildman–Crippen LogP) is 3.75. The molecule has 1 heterocycles. The number of nitro groups is 1. The number of nitro benzene ring substituents is 1. The molecule has 1 aliphatic rings. The summed E-state index contributed by atoms with van der Waals surface area (Å²) >= 11 is 0. The molecule has 0 radical (unpaired) electrons. The van der Waals surface area contributed by atoms with Crippen LogP contribution in [0.15, 0.2) is 72.8 Å². The molecule has 8 nitrogen and oxygen atoms in total. The monoisotopic (exact) mass is 429 g/mol. The molecule has 4 rings (SSSR count). The summed E-state index contributed by atoms with van der Waals surface area (Å²) in [7, 11) is 0. The molecule has 0 fully saturated rings. The lowest BCUT2D eigenvalue weighted by atomic mass is 10.0. The van der Waals surface area contributed by atoms with Gasteiger partial charge < -0.3 is 5.32 Å². The van der Waals surface area contributed by atoms with E-state index in [4.69, 9.17) is 0 Å². The van der Waals surface area contributed by atoms with Crippen LogP contribution in [0, 0.1) is 17.0 Å². The Kier molecular flexibility index (Phi) is 5.51. The second kappa shape index (κ2) is 8.43. The molecule has 0 spiro atoms. The number of anilines is 1. The second-order valence-corrected chi connectivity index (χ2v) is 7.53. The van der Waals surface area contributed by atoms with E-state index in [-0.39, 0.29) is 23.2 Å². The lowest BCUT2D eigenvalue weighted by Crippen LogP contribution is -2.48. The summed E-state index contributed by atoms with van der Waals surface area (Å²) in [5.74, 6) is -1.61. The first-order chi connectivity index (χ1) is 15.3. The van der Waals surface area contributed by atoms with Gasteiger partial charge in [0.2, 0.25) is 5.91 Å². The minimum atomic E-state index is -1.13. The molecule has 0 saturated heterocycles. The highest BCUT2D eigenvalue weighted by Gasteiger charge is 2.42. The second-order valence-electron chi connectivity index (χ2n) is 7.53. The zero-order chi connectivity index (χ0) is 22.8. The molecular formula is C24H19N3O5. The fraction of sp³-hybridized carbons (Fsp3) is 0.125. The van der Waals surface area contributed by atoms with Crippen molar-refractivity contribution >= 4 is 29.1 Å². The Morgan fingerprint density at radius 1 is 0.969 bits per heavy atom. The Bertz CT molecular complexity index is 1200. The highest BCUT2D eigenvalue weighted by atomic mass is 16.6. The number of non-ortho nitro benzene ring substituents is 1. The Morgan fingerprint density at radius 2 is 1.59 bits per heavy atom. The molecule has 8 heteroatoms. The SMILES string of the molecule is Cc1cccc(NC(=O)[C@@H](Cc2ccc([N+](=O)[O-])cc2)N2C(=O)c3ccccc3C2=O)c1. The van der Waals surface area contributed by atoms with Crippen LogP contribution in [0.5, 0.6) is 0 Å². The van der Waals surface area contributed by atoms with E-state index >= 15 is 0 Å². The number of nitrogens with one attached hydrogen (secondary N) is 1. The van der Waals surface area contributed by atoms with Crippen molar-refractivity contribution in [2.75, 3.05) is 5.32 Å². The van der Waals surface area contributed by atoms with Gasteiger partial charge in [0.1, 0.15) is 6.04 Å². The van der Waals surface area contributed by atoms with Crippen LogP contribution in [0.25, 0.3) is 0 Å². The molecule has 160 valence electrons. The molecule has 0 unspecified atom stereocenters. The molecule has 1 aliphatic heterocycles. The maximum atomic E-state index is 13.3. The van der Waals surface area contributed by atoms with Gasteiger partial charge in [-0.1, -0.05) is 36.4 Å². The number of nitrogens with zero attached hydrogens (tertiary/aromatic N) is 2. The van der Waals surface area contributed by atoms with E-state index in [1.165, 1.54) is 24.3 Å². The van der Waals surface area contributed by atoms with Gasteiger partial charge in [-0.2, -0.15) is 0 Å². The molecule has 0 saturated carbocycles. The summed E-state index contributed by atoms with van der Waals surface area (Å²) in [6.45, 7) is 1.88. The van der Waals surface area contributed by atoms with Gasteiger partial charge >= 0.3 is 0 Å². The molecule has 1 N–H and O–H groups in total. The normalized spacial score (nSPS) is 13.6. The maximum Gasteiger partial charge on any atom is 0.269 e. The molecule has 0 aromatic heterocycles. The van der Waals surface area contributed by atoms with Gasteiger partial charge in [0.05, 0.1) is 16.1 Å². The topological polar surface area (TPSA) is 110 Å². The van der Waals surface area contributed by atoms with Crippen molar-refractivity contribution in [3.05, 3.63) is 105 Å². The smallest absolute Gasteiger partial charge is 0.269 e. The Balaban J connectivity index is 1.68. The number of hydrogen-bond donors (Lipinski definition) is 1. The summed E-state index contributed by atoms with van der Waals surface area (Å²) in [5, 5.41) is 13.7. The van der Waals surface area contributed by atoms with Crippen LogP contribution in [0.1, 0.15) is 31.8 Å². The number of benzene rings is 3. The first-order valence-electron chi connectivity index (χ1n) is 9.93. The van der Waals surface area contributed by atoms with Crippen LogP contribution in [0.3, 0.4) is 0 Å². The number of hydrogen-bond acceptors (Lipinski definition) is 5. The van der Waals surface area contributed by atoms with Gasteiger partial charge in [-0.3, -0.25) is 29.4 Å². The number of fused-ring (bicyclic) bond motifs is 1. The van der Waals surface area contributed by atoms with E-state index in [1.807, 2.05) is 13.0 Å². The molecule has 3 aromatic carbocycles. The highest BCUT2D eigenvalue weighted by molar-refractivity contribution is 6.23. The van der Waals surface area contributed by atoms with Gasteiger partial charge in [-0.25, -0.2) is 0 Å². The van der Waals surface area contributed by atoms with Gasteiger partial charge in [-0.15, -0.1) is 0 Å². The zero-order valence-electron chi connectivity index (χ0n) is 17.1. The van der Waals surface area contributed by atoms with Gasteiger partial charge in [0, 0.05) is 24.2 Å². The van der Waals surface area contributed by atoms with Crippen LogP contribution in [-0.4, -0.2) is 33.6 Å². The zero-order valence-corrected chi connectivity index (χ0v) is 17.1. The van der Waals surface area contributed by atoms with Gasteiger partial charge in [0.25, 0.3) is 17.5 Å². The molecule has 1 atom stereocenters. The van der Waals surface area contributed by atoms with Crippen LogP contribution in [0.4, 0.5) is 11.4 Å². The number of aryl methyl sites for hydroxylation is 1. The molecule has 32 heavy (non-hydrogen) atoms. The summed E-state index contributed by atoms with van der Waals surface area (Å²) in [4.78, 5) is 50.7. The van der Waals surface area contributed by atoms with Crippen molar-refractivity contribution in [1.29, 1.82) is 0 Å². The standard InChI is InChI=1S/C24H19N3O5/c1-15-5-4-6-17(13-15)25-22(28)21(14-16-9-11-18(12-10-16)27(31)32)26-23(29)19-7-2-3-8-20(19)24(26)30/h2-13,21H,14H2,1H3,(H,25,28)/t21-/m1/s1. The number of rotatable bonds is 6. The average Bonchev–Trinajstić information content (AvgIpc) is 3.03. The third-order valence-electron chi connectivity index (χ3n) is 5.30. The van der Waals surface area contributed by atoms with Crippen LogP contribution < -0.4 is 5.32 Å². The summed E-state index contributed by atoms with van der Waals surface area (Å²) in [6.07, 6.45) is 0.0150. The van der Waals surface area contributed by atoms with Crippen molar-refractivity contribution < 1.29 is 19.3 Å². The quantitative estimate of drug-likeness (QED) is 0.365. The van der Waals surface area contributed by atoms with Crippen molar-refractivity contribution in [1.82, 2.24) is 4.90 Å². The summed E-state index contributed by atoms with van der Waals surface area (Å²) in [6, 6.07) is 18.1. The number of carbonyl (C=O) groups is 3. The van der Waals surface area contributed by atoms with Crippen LogP contribution >= 0.6 is 0 Å². The van der Waals surface area contributed by atoms with Crippen LogP contribution in [-0.2, 0) is 11.2 Å². The Morgan fingerprint density at radius 3 is 2.16 bits per heavy atom. The van der Waals surface area contributed by atoms with E-state index in [9.17, 15) is 24.5 Å². The van der Waals surface area contributed by atoms with Crippen molar-refractivity contribution in [2.24, 2.45) is 0 Å². The fourth-order valence-electron chi connectivity index (χ4n) is 3.72. The first kappa shape index (κ1) is 20.9. The van der Waals surface area contributed by atoms with Crippen molar-refractivity contribution in [3.63, 3.8) is 0 Å². The first-order valence-corrected chi connectivity index (χ1v) is 9.93. The van der Waals surface area contributed by atoms with E-state index in [0.29, 0.717) is 11.3 Å².